The van der Waals surface area contributed by atoms with Crippen LogP contribution in [0.5, 0.6) is 0 Å². The number of carbonyl (C=O) groups is 1. The smallest absolute Gasteiger partial charge is 0.341 e. The van der Waals surface area contributed by atoms with E-state index in [1.165, 1.54) is 7.11 Å². The average molecular weight is 184 g/mol. The molecule has 3 nitrogen and oxygen atoms in total. The molecular formula is C10H16O3. The predicted molar refractivity (Wildman–Crippen MR) is 47.3 cm³/mol. The van der Waals surface area contributed by atoms with Crippen molar-refractivity contribution in [1.29, 1.82) is 0 Å². The first-order valence-corrected chi connectivity index (χ1v) is 4.93. The Balaban J connectivity index is 2.11. The van der Waals surface area contributed by atoms with Gasteiger partial charge in [-0.3, -0.25) is 0 Å². The van der Waals surface area contributed by atoms with Crippen molar-refractivity contribution < 1.29 is 14.3 Å². The maximum atomic E-state index is 11.5. The second kappa shape index (κ2) is 2.71. The molecule has 3 heteroatoms. The first kappa shape index (κ1) is 9.00. The quantitative estimate of drug-likeness (QED) is 0.491. The number of epoxide rings is 1. The van der Waals surface area contributed by atoms with E-state index in [9.17, 15) is 4.79 Å². The highest BCUT2D eigenvalue weighted by atomic mass is 16.6. The fourth-order valence-corrected chi connectivity index (χ4v) is 2.36. The van der Waals surface area contributed by atoms with Crippen molar-refractivity contribution in [1.82, 2.24) is 0 Å². The summed E-state index contributed by atoms with van der Waals surface area (Å²) >= 11 is 0. The molecular weight excluding hydrogens is 168 g/mol. The van der Waals surface area contributed by atoms with E-state index < -0.39 is 5.60 Å². The molecule has 1 atom stereocenters. The van der Waals surface area contributed by atoms with Crippen molar-refractivity contribution in [3.8, 4) is 0 Å². The number of ether oxygens (including phenoxy) is 2. The molecule has 1 saturated heterocycles. The lowest BCUT2D eigenvalue weighted by molar-refractivity contribution is -0.150. The summed E-state index contributed by atoms with van der Waals surface area (Å²) in [7, 11) is 1.44. The minimum Gasteiger partial charge on any atom is -0.467 e. The molecule has 1 heterocycles. The summed E-state index contributed by atoms with van der Waals surface area (Å²) in [5.41, 5.74) is -0.410. The number of carbonyl (C=O) groups excluding carboxylic acids is 1. The standard InChI is InChI=1S/C10H16O3/c1-3-4-9(5-6-9)10(7-13-10)8(11)12-2/h3-7H2,1-2H3. The molecule has 2 fully saturated rings. The van der Waals surface area contributed by atoms with Gasteiger partial charge < -0.3 is 9.47 Å². The van der Waals surface area contributed by atoms with Gasteiger partial charge in [-0.05, 0) is 19.3 Å². The van der Waals surface area contributed by atoms with Crippen LogP contribution in [0, 0.1) is 5.41 Å². The van der Waals surface area contributed by atoms with Gasteiger partial charge in [0.05, 0.1) is 13.7 Å². The largest absolute Gasteiger partial charge is 0.467 e. The van der Waals surface area contributed by atoms with E-state index in [2.05, 4.69) is 6.92 Å². The number of hydrogen-bond donors (Lipinski definition) is 0. The molecule has 0 aromatic rings. The highest BCUT2D eigenvalue weighted by molar-refractivity contribution is 5.84. The lowest BCUT2D eigenvalue weighted by Crippen LogP contribution is -2.36. The lowest BCUT2D eigenvalue weighted by Gasteiger charge is -2.20. The first-order chi connectivity index (χ1) is 6.21. The molecule has 1 unspecified atom stereocenters. The summed E-state index contributed by atoms with van der Waals surface area (Å²) in [6.07, 6.45) is 4.44. The molecule has 0 amide bonds. The fourth-order valence-electron chi connectivity index (χ4n) is 2.36. The van der Waals surface area contributed by atoms with Gasteiger partial charge in [-0.2, -0.15) is 0 Å². The van der Waals surface area contributed by atoms with Crippen molar-refractivity contribution in [3.63, 3.8) is 0 Å². The zero-order valence-electron chi connectivity index (χ0n) is 8.26. The van der Waals surface area contributed by atoms with Crippen LogP contribution < -0.4 is 0 Å². The Morgan fingerprint density at radius 2 is 2.15 bits per heavy atom. The van der Waals surface area contributed by atoms with Crippen LogP contribution in [0.25, 0.3) is 0 Å². The summed E-state index contributed by atoms with van der Waals surface area (Å²) < 4.78 is 10.1. The van der Waals surface area contributed by atoms with Crippen LogP contribution >= 0.6 is 0 Å². The third-order valence-electron chi connectivity index (χ3n) is 3.39. The van der Waals surface area contributed by atoms with Crippen LogP contribution in [0.15, 0.2) is 0 Å². The van der Waals surface area contributed by atoms with Gasteiger partial charge in [0, 0.05) is 5.41 Å². The van der Waals surface area contributed by atoms with Gasteiger partial charge in [0.25, 0.3) is 0 Å². The molecule has 1 aliphatic carbocycles. The van der Waals surface area contributed by atoms with E-state index in [0.29, 0.717) is 6.61 Å². The number of methoxy groups -OCH3 is 1. The molecule has 13 heavy (non-hydrogen) atoms. The highest BCUT2D eigenvalue weighted by Crippen LogP contribution is 2.64. The van der Waals surface area contributed by atoms with Crippen LogP contribution in [-0.2, 0) is 14.3 Å². The van der Waals surface area contributed by atoms with Crippen molar-refractivity contribution >= 4 is 5.97 Å². The highest BCUT2D eigenvalue weighted by Gasteiger charge is 2.72. The third-order valence-corrected chi connectivity index (χ3v) is 3.39. The van der Waals surface area contributed by atoms with Crippen molar-refractivity contribution in [2.45, 2.75) is 38.2 Å². The molecule has 1 saturated carbocycles. The van der Waals surface area contributed by atoms with E-state index in [1.807, 2.05) is 0 Å². The molecule has 0 radical (unpaired) electrons. The maximum Gasteiger partial charge on any atom is 0.341 e. The van der Waals surface area contributed by atoms with Gasteiger partial charge in [-0.15, -0.1) is 0 Å². The Hall–Kier alpha value is -0.570. The first-order valence-electron chi connectivity index (χ1n) is 4.93. The number of rotatable bonds is 4. The normalized spacial score (nSPS) is 34.0. The molecule has 0 bridgehead atoms. The Bertz CT molecular complexity index is 226. The zero-order valence-corrected chi connectivity index (χ0v) is 8.26. The molecule has 0 aromatic heterocycles. The van der Waals surface area contributed by atoms with Gasteiger partial charge in [0.15, 0.2) is 5.60 Å². The van der Waals surface area contributed by atoms with Crippen LogP contribution in [-0.4, -0.2) is 25.3 Å². The minimum absolute atomic E-state index is 0.134. The van der Waals surface area contributed by atoms with Crippen LogP contribution in [0.3, 0.4) is 0 Å². The summed E-state index contributed by atoms with van der Waals surface area (Å²) in [6.45, 7) is 2.72. The summed E-state index contributed by atoms with van der Waals surface area (Å²) in [4.78, 5) is 11.5. The van der Waals surface area contributed by atoms with Crippen LogP contribution in [0.2, 0.25) is 0 Å². The summed E-state index contributed by atoms with van der Waals surface area (Å²) in [5.74, 6) is -0.168. The monoisotopic (exact) mass is 184 g/mol. The molecule has 2 aliphatic rings. The zero-order chi connectivity index (χ0) is 9.53. The second-order valence-corrected chi connectivity index (χ2v) is 4.14. The Morgan fingerprint density at radius 3 is 2.46 bits per heavy atom. The van der Waals surface area contributed by atoms with Crippen molar-refractivity contribution in [3.05, 3.63) is 0 Å². The van der Waals surface area contributed by atoms with Crippen LogP contribution in [0.4, 0.5) is 0 Å². The summed E-state index contributed by atoms with van der Waals surface area (Å²) in [6, 6.07) is 0. The summed E-state index contributed by atoms with van der Waals surface area (Å²) in [5, 5.41) is 0. The molecule has 74 valence electrons. The van der Waals surface area contributed by atoms with E-state index in [-0.39, 0.29) is 11.4 Å². The topological polar surface area (TPSA) is 38.8 Å². The van der Waals surface area contributed by atoms with E-state index in [0.717, 1.165) is 25.7 Å². The molecule has 1 aliphatic heterocycles. The average Bonchev–Trinajstić information content (AvgIpc) is 2.96. The van der Waals surface area contributed by atoms with Gasteiger partial charge in [-0.1, -0.05) is 13.3 Å². The second-order valence-electron chi connectivity index (χ2n) is 4.14. The van der Waals surface area contributed by atoms with Crippen molar-refractivity contribution in [2.75, 3.05) is 13.7 Å². The fraction of sp³-hybridized carbons (Fsp3) is 0.900. The van der Waals surface area contributed by atoms with Gasteiger partial charge in [0.1, 0.15) is 0 Å². The SMILES string of the molecule is CCCC1(C2(C(=O)OC)CO2)CC1. The number of esters is 1. The minimum atomic E-state index is -0.544. The van der Waals surface area contributed by atoms with Crippen LogP contribution in [0.1, 0.15) is 32.6 Å². The Morgan fingerprint density at radius 1 is 1.54 bits per heavy atom. The van der Waals surface area contributed by atoms with Crippen molar-refractivity contribution in [2.24, 2.45) is 5.41 Å². The van der Waals surface area contributed by atoms with E-state index in [1.54, 1.807) is 0 Å². The van der Waals surface area contributed by atoms with Gasteiger partial charge >= 0.3 is 5.97 Å². The molecule has 0 aromatic carbocycles. The lowest BCUT2D eigenvalue weighted by atomic mass is 9.85. The molecule has 0 spiro atoms. The maximum absolute atomic E-state index is 11.5. The van der Waals surface area contributed by atoms with Gasteiger partial charge in [0.2, 0.25) is 0 Å². The molecule has 0 N–H and O–H groups in total. The third kappa shape index (κ3) is 1.10. The Kier molecular flexibility index (Phi) is 1.88. The Labute approximate surface area is 78.4 Å². The van der Waals surface area contributed by atoms with E-state index >= 15 is 0 Å². The van der Waals surface area contributed by atoms with E-state index in [4.69, 9.17) is 9.47 Å². The predicted octanol–water partition coefficient (Wildman–Crippen LogP) is 1.51. The number of hydrogen-bond acceptors (Lipinski definition) is 3. The molecule has 2 rings (SSSR count). The van der Waals surface area contributed by atoms with Gasteiger partial charge in [-0.25, -0.2) is 4.79 Å².